The van der Waals surface area contributed by atoms with E-state index < -0.39 is 0 Å². The first-order valence-corrected chi connectivity index (χ1v) is 6.66. The van der Waals surface area contributed by atoms with Crippen molar-refractivity contribution < 1.29 is 0 Å². The molecule has 1 fully saturated rings. The molecule has 1 N–H and O–H groups in total. The van der Waals surface area contributed by atoms with Crippen LogP contribution >= 0.6 is 0 Å². The van der Waals surface area contributed by atoms with Crippen molar-refractivity contribution in [2.24, 2.45) is 5.92 Å². The van der Waals surface area contributed by atoms with Crippen LogP contribution in [-0.2, 0) is 0 Å². The third-order valence-corrected chi connectivity index (χ3v) is 3.43. The first-order valence-electron chi connectivity index (χ1n) is 6.66. The van der Waals surface area contributed by atoms with E-state index in [1.165, 1.54) is 12.8 Å². The quantitative estimate of drug-likeness (QED) is 0.877. The number of nitrogens with zero attached hydrogens (tertiary/aromatic N) is 3. The van der Waals surface area contributed by atoms with E-state index >= 15 is 0 Å². The van der Waals surface area contributed by atoms with Gasteiger partial charge in [0.15, 0.2) is 0 Å². The minimum absolute atomic E-state index is 0.493. The maximum atomic E-state index is 8.90. The van der Waals surface area contributed by atoms with Crippen LogP contribution in [0.3, 0.4) is 0 Å². The molecule has 96 valence electrons. The summed E-state index contributed by atoms with van der Waals surface area (Å²) in [5, 5.41) is 12.3. The van der Waals surface area contributed by atoms with E-state index in [0.717, 1.165) is 32.0 Å². The highest BCUT2D eigenvalue weighted by Crippen LogP contribution is 2.17. The summed E-state index contributed by atoms with van der Waals surface area (Å²) in [7, 11) is 0. The van der Waals surface area contributed by atoms with Crippen LogP contribution in [0.25, 0.3) is 0 Å². The Balaban J connectivity index is 2.05. The Labute approximate surface area is 109 Å². The van der Waals surface area contributed by atoms with Crippen molar-refractivity contribution in [3.63, 3.8) is 0 Å². The van der Waals surface area contributed by atoms with Gasteiger partial charge < -0.3 is 10.2 Å². The molecule has 0 saturated carbocycles. The van der Waals surface area contributed by atoms with E-state index in [9.17, 15) is 0 Å². The first-order chi connectivity index (χ1) is 8.83. The third-order valence-electron chi connectivity index (χ3n) is 3.43. The molecule has 0 radical (unpaired) electrons. The lowest BCUT2D eigenvalue weighted by atomic mass is 9.99. The first kappa shape index (κ1) is 12.8. The average Bonchev–Trinajstić information content (AvgIpc) is 2.46. The van der Waals surface area contributed by atoms with E-state index in [-0.39, 0.29) is 0 Å². The van der Waals surface area contributed by atoms with Gasteiger partial charge in [-0.25, -0.2) is 4.98 Å². The highest BCUT2D eigenvalue weighted by Gasteiger charge is 2.17. The van der Waals surface area contributed by atoms with E-state index in [0.29, 0.717) is 11.6 Å². The monoisotopic (exact) mass is 244 g/mol. The van der Waals surface area contributed by atoms with Gasteiger partial charge in [0.2, 0.25) is 0 Å². The molecule has 2 heterocycles. The number of hydrogen-bond donors (Lipinski definition) is 1. The average molecular weight is 244 g/mol. The van der Waals surface area contributed by atoms with Crippen molar-refractivity contribution in [2.45, 2.75) is 19.8 Å². The lowest BCUT2D eigenvalue weighted by molar-refractivity contribution is 0.377. The van der Waals surface area contributed by atoms with Crippen LogP contribution in [0.1, 0.15) is 25.5 Å². The van der Waals surface area contributed by atoms with Gasteiger partial charge in [-0.15, -0.1) is 0 Å². The Morgan fingerprint density at radius 3 is 3.11 bits per heavy atom. The molecule has 1 unspecified atom stereocenters. The van der Waals surface area contributed by atoms with Crippen LogP contribution in [0.2, 0.25) is 0 Å². The molecular formula is C14H20N4. The zero-order chi connectivity index (χ0) is 12.8. The maximum absolute atomic E-state index is 8.90. The summed E-state index contributed by atoms with van der Waals surface area (Å²) in [6, 6.07) is 7.74. The normalized spacial score (nSPS) is 19.2. The van der Waals surface area contributed by atoms with Crippen molar-refractivity contribution >= 4 is 5.82 Å². The number of pyridine rings is 1. The third kappa shape index (κ3) is 3.21. The number of nitriles is 1. The van der Waals surface area contributed by atoms with Gasteiger partial charge in [-0.3, -0.25) is 0 Å². The fourth-order valence-corrected chi connectivity index (χ4v) is 2.44. The number of nitrogens with one attached hydrogen (secondary N) is 1. The Hall–Kier alpha value is -1.60. The van der Waals surface area contributed by atoms with Gasteiger partial charge >= 0.3 is 0 Å². The highest BCUT2D eigenvalue weighted by molar-refractivity contribution is 5.41. The Morgan fingerprint density at radius 1 is 1.56 bits per heavy atom. The standard InChI is InChI=1S/C14H20N4/c1-2-18(11-12-5-4-8-16-10-12)14-7-3-6-13(9-15)17-14/h3,6-7,12,16H,2,4-5,8,10-11H2,1H3. The molecule has 1 aromatic rings. The molecule has 1 aromatic heterocycles. The Kier molecular flexibility index (Phi) is 4.54. The van der Waals surface area contributed by atoms with Crippen molar-refractivity contribution in [1.29, 1.82) is 5.26 Å². The molecular weight excluding hydrogens is 224 g/mol. The predicted octanol–water partition coefficient (Wildman–Crippen LogP) is 1.78. The number of piperidine rings is 1. The maximum Gasteiger partial charge on any atom is 0.142 e. The number of aromatic nitrogens is 1. The molecule has 18 heavy (non-hydrogen) atoms. The molecule has 2 rings (SSSR count). The van der Waals surface area contributed by atoms with Crippen molar-refractivity contribution in [1.82, 2.24) is 10.3 Å². The van der Waals surface area contributed by atoms with Gasteiger partial charge in [0.25, 0.3) is 0 Å². The van der Waals surface area contributed by atoms with Crippen LogP contribution in [0.4, 0.5) is 5.82 Å². The number of anilines is 1. The molecule has 0 spiro atoms. The van der Waals surface area contributed by atoms with Gasteiger partial charge in [0.05, 0.1) is 0 Å². The zero-order valence-electron chi connectivity index (χ0n) is 10.9. The summed E-state index contributed by atoms with van der Waals surface area (Å²) in [4.78, 5) is 6.63. The second-order valence-corrected chi connectivity index (χ2v) is 4.74. The predicted molar refractivity (Wildman–Crippen MR) is 72.4 cm³/mol. The summed E-state index contributed by atoms with van der Waals surface area (Å²) in [6.45, 7) is 6.32. The van der Waals surface area contributed by atoms with Gasteiger partial charge in [-0.05, 0) is 50.9 Å². The zero-order valence-corrected chi connectivity index (χ0v) is 10.9. The molecule has 0 bridgehead atoms. The number of hydrogen-bond acceptors (Lipinski definition) is 4. The van der Waals surface area contributed by atoms with E-state index in [1.807, 2.05) is 12.1 Å². The highest BCUT2D eigenvalue weighted by atomic mass is 15.2. The summed E-state index contributed by atoms with van der Waals surface area (Å²) in [6.07, 6.45) is 2.54. The Morgan fingerprint density at radius 2 is 2.44 bits per heavy atom. The SMILES string of the molecule is CCN(CC1CCCNC1)c1cccc(C#N)n1. The van der Waals surface area contributed by atoms with Crippen molar-refractivity contribution in [3.8, 4) is 6.07 Å². The molecule has 0 aromatic carbocycles. The second kappa shape index (κ2) is 6.36. The summed E-state index contributed by atoms with van der Waals surface area (Å²) >= 11 is 0. The minimum Gasteiger partial charge on any atom is -0.357 e. The van der Waals surface area contributed by atoms with Crippen molar-refractivity contribution in [3.05, 3.63) is 23.9 Å². The molecule has 4 heteroatoms. The van der Waals surface area contributed by atoms with Crippen LogP contribution in [0.15, 0.2) is 18.2 Å². The van der Waals surface area contributed by atoms with Gasteiger partial charge in [-0.1, -0.05) is 6.07 Å². The van der Waals surface area contributed by atoms with E-state index in [4.69, 9.17) is 5.26 Å². The number of rotatable bonds is 4. The van der Waals surface area contributed by atoms with Crippen LogP contribution in [0, 0.1) is 17.2 Å². The molecule has 4 nitrogen and oxygen atoms in total. The lowest BCUT2D eigenvalue weighted by Gasteiger charge is -2.30. The van der Waals surface area contributed by atoms with Crippen LogP contribution in [-0.4, -0.2) is 31.2 Å². The van der Waals surface area contributed by atoms with Crippen LogP contribution in [0.5, 0.6) is 0 Å². The minimum atomic E-state index is 0.493. The van der Waals surface area contributed by atoms with Crippen molar-refractivity contribution in [2.75, 3.05) is 31.1 Å². The van der Waals surface area contributed by atoms with E-state index in [1.54, 1.807) is 6.07 Å². The fourth-order valence-electron chi connectivity index (χ4n) is 2.44. The van der Waals surface area contributed by atoms with Gasteiger partial charge in [0, 0.05) is 13.1 Å². The van der Waals surface area contributed by atoms with Gasteiger partial charge in [-0.2, -0.15) is 5.26 Å². The largest absolute Gasteiger partial charge is 0.357 e. The topological polar surface area (TPSA) is 52.0 Å². The second-order valence-electron chi connectivity index (χ2n) is 4.74. The van der Waals surface area contributed by atoms with Gasteiger partial charge in [0.1, 0.15) is 17.6 Å². The molecule has 1 aliphatic heterocycles. The summed E-state index contributed by atoms with van der Waals surface area (Å²) < 4.78 is 0. The lowest BCUT2D eigenvalue weighted by Crippen LogP contribution is -2.38. The summed E-state index contributed by atoms with van der Waals surface area (Å²) in [5.74, 6) is 1.60. The molecule has 1 atom stereocenters. The smallest absolute Gasteiger partial charge is 0.142 e. The molecule has 0 amide bonds. The van der Waals surface area contributed by atoms with Crippen LogP contribution < -0.4 is 10.2 Å². The Bertz CT molecular complexity index is 418. The molecule has 1 aliphatic rings. The summed E-state index contributed by atoms with van der Waals surface area (Å²) in [5.41, 5.74) is 0.493. The molecule has 0 aliphatic carbocycles. The molecule has 1 saturated heterocycles. The fraction of sp³-hybridized carbons (Fsp3) is 0.571. The van der Waals surface area contributed by atoms with E-state index in [2.05, 4.69) is 28.2 Å².